The number of ether oxygens (including phenoxy) is 2. The molecule has 0 aromatic heterocycles. The molecule has 0 bridgehead atoms. The first-order valence-corrected chi connectivity index (χ1v) is 11.5. The first-order valence-electron chi connectivity index (χ1n) is 11.5. The molecule has 4 aromatic rings. The fourth-order valence-electron chi connectivity index (χ4n) is 3.40. The summed E-state index contributed by atoms with van der Waals surface area (Å²) in [6, 6.07) is 27.9. The monoisotopic (exact) mass is 468 g/mol. The van der Waals surface area contributed by atoms with Gasteiger partial charge in [0.25, 0.3) is 11.8 Å². The molecule has 2 amide bonds. The van der Waals surface area contributed by atoms with E-state index < -0.39 is 11.8 Å². The van der Waals surface area contributed by atoms with E-state index in [9.17, 15) is 9.59 Å². The number of benzene rings is 4. The Bertz CT molecular complexity index is 1300. The van der Waals surface area contributed by atoms with E-state index in [0.717, 1.165) is 22.1 Å². The summed E-state index contributed by atoms with van der Waals surface area (Å²) < 4.78 is 11.5. The predicted molar refractivity (Wildman–Crippen MR) is 136 cm³/mol. The van der Waals surface area contributed by atoms with Crippen LogP contribution in [-0.2, 0) is 6.61 Å². The minimum absolute atomic E-state index is 0.383. The van der Waals surface area contributed by atoms with Gasteiger partial charge in [-0.25, -0.2) is 0 Å². The SMILES string of the molecule is CC(C)COc1ccc(C(=O)NNC(=O)c2ccc(COc3ccc4ccccc4c3)cc2)cc1. The molecule has 0 unspecified atom stereocenters. The molecule has 0 radical (unpaired) electrons. The second-order valence-electron chi connectivity index (χ2n) is 8.63. The number of fused-ring (bicyclic) bond motifs is 1. The summed E-state index contributed by atoms with van der Waals surface area (Å²) in [5, 5.41) is 2.28. The molecule has 0 aliphatic carbocycles. The highest BCUT2D eigenvalue weighted by atomic mass is 16.5. The molecular formula is C29H28N2O4. The van der Waals surface area contributed by atoms with Gasteiger partial charge in [0.1, 0.15) is 18.1 Å². The lowest BCUT2D eigenvalue weighted by atomic mass is 10.1. The minimum atomic E-state index is -0.408. The van der Waals surface area contributed by atoms with Gasteiger partial charge in [0.15, 0.2) is 0 Å². The molecule has 178 valence electrons. The van der Waals surface area contributed by atoms with Crippen molar-refractivity contribution in [1.29, 1.82) is 0 Å². The number of carbonyl (C=O) groups is 2. The summed E-state index contributed by atoms with van der Waals surface area (Å²) in [5.41, 5.74) is 6.66. The lowest BCUT2D eigenvalue weighted by Crippen LogP contribution is -2.41. The van der Waals surface area contributed by atoms with E-state index >= 15 is 0 Å². The second kappa shape index (κ2) is 11.2. The van der Waals surface area contributed by atoms with Gasteiger partial charge < -0.3 is 9.47 Å². The van der Waals surface area contributed by atoms with Crippen LogP contribution in [0.2, 0.25) is 0 Å². The third kappa shape index (κ3) is 6.60. The van der Waals surface area contributed by atoms with Crippen molar-refractivity contribution in [1.82, 2.24) is 10.9 Å². The highest BCUT2D eigenvalue weighted by Crippen LogP contribution is 2.21. The molecule has 0 fully saturated rings. The van der Waals surface area contributed by atoms with Crippen molar-refractivity contribution < 1.29 is 19.1 Å². The van der Waals surface area contributed by atoms with Gasteiger partial charge in [-0.2, -0.15) is 0 Å². The third-order valence-corrected chi connectivity index (χ3v) is 5.33. The lowest BCUT2D eigenvalue weighted by molar-refractivity contribution is 0.0846. The Balaban J connectivity index is 1.26. The van der Waals surface area contributed by atoms with Crippen LogP contribution in [0.3, 0.4) is 0 Å². The highest BCUT2D eigenvalue weighted by Gasteiger charge is 2.10. The number of nitrogens with one attached hydrogen (secondary N) is 2. The van der Waals surface area contributed by atoms with E-state index in [2.05, 4.69) is 30.8 Å². The van der Waals surface area contributed by atoms with E-state index in [-0.39, 0.29) is 0 Å². The van der Waals surface area contributed by atoms with Crippen molar-refractivity contribution in [3.63, 3.8) is 0 Å². The number of carbonyl (C=O) groups excluding carboxylic acids is 2. The third-order valence-electron chi connectivity index (χ3n) is 5.33. The van der Waals surface area contributed by atoms with Gasteiger partial charge in [-0.15, -0.1) is 0 Å². The normalized spacial score (nSPS) is 10.7. The molecule has 0 saturated carbocycles. The maximum atomic E-state index is 12.4. The number of amides is 2. The van der Waals surface area contributed by atoms with Gasteiger partial charge in [0.05, 0.1) is 6.61 Å². The van der Waals surface area contributed by atoms with Crippen LogP contribution < -0.4 is 20.3 Å². The Kier molecular flexibility index (Phi) is 7.63. The quantitative estimate of drug-likeness (QED) is 0.334. The van der Waals surface area contributed by atoms with Crippen LogP contribution in [-0.4, -0.2) is 18.4 Å². The van der Waals surface area contributed by atoms with Gasteiger partial charge in [-0.1, -0.05) is 56.3 Å². The van der Waals surface area contributed by atoms with Crippen LogP contribution in [0.1, 0.15) is 40.1 Å². The lowest BCUT2D eigenvalue weighted by Gasteiger charge is -2.10. The van der Waals surface area contributed by atoms with E-state index in [1.807, 2.05) is 48.5 Å². The highest BCUT2D eigenvalue weighted by molar-refractivity contribution is 5.99. The van der Waals surface area contributed by atoms with Crippen LogP contribution in [0.25, 0.3) is 10.8 Å². The largest absolute Gasteiger partial charge is 0.493 e. The number of hydrazine groups is 1. The summed E-state index contributed by atoms with van der Waals surface area (Å²) in [7, 11) is 0. The van der Waals surface area contributed by atoms with Gasteiger partial charge in [0.2, 0.25) is 0 Å². The van der Waals surface area contributed by atoms with Crippen molar-refractivity contribution in [3.8, 4) is 11.5 Å². The second-order valence-corrected chi connectivity index (χ2v) is 8.63. The van der Waals surface area contributed by atoms with Crippen LogP contribution in [0.4, 0.5) is 0 Å². The Morgan fingerprint density at radius 1 is 0.686 bits per heavy atom. The van der Waals surface area contributed by atoms with Gasteiger partial charge >= 0.3 is 0 Å². The Morgan fingerprint density at radius 2 is 1.26 bits per heavy atom. The van der Waals surface area contributed by atoms with E-state index in [1.54, 1.807) is 36.4 Å². The molecule has 4 rings (SSSR count). The van der Waals surface area contributed by atoms with Crippen LogP contribution in [0.5, 0.6) is 11.5 Å². The standard InChI is InChI=1S/C29H28N2O4/c1-20(2)18-34-26-14-12-24(13-15-26)29(33)31-30-28(32)23-9-7-21(8-10-23)19-35-27-16-11-22-5-3-4-6-25(22)17-27/h3-17,20H,18-19H2,1-2H3,(H,30,32)(H,31,33). The molecule has 6 nitrogen and oxygen atoms in total. The van der Waals surface area contributed by atoms with Crippen LogP contribution >= 0.6 is 0 Å². The molecule has 0 saturated heterocycles. The summed E-state index contributed by atoms with van der Waals surface area (Å²) in [4.78, 5) is 24.8. The van der Waals surface area contributed by atoms with Gasteiger partial charge in [-0.3, -0.25) is 20.4 Å². The van der Waals surface area contributed by atoms with E-state index in [1.165, 1.54) is 0 Å². The summed E-state index contributed by atoms with van der Waals surface area (Å²) in [6.45, 7) is 5.12. The van der Waals surface area contributed by atoms with Gasteiger partial charge in [-0.05, 0) is 70.8 Å². The van der Waals surface area contributed by atoms with Crippen LogP contribution in [0, 0.1) is 5.92 Å². The van der Waals surface area contributed by atoms with Gasteiger partial charge in [0, 0.05) is 11.1 Å². The fourth-order valence-corrected chi connectivity index (χ4v) is 3.40. The number of hydrogen-bond acceptors (Lipinski definition) is 4. The smallest absolute Gasteiger partial charge is 0.269 e. The van der Waals surface area contributed by atoms with Crippen molar-refractivity contribution in [2.24, 2.45) is 5.92 Å². The molecule has 35 heavy (non-hydrogen) atoms. The number of hydrogen-bond donors (Lipinski definition) is 2. The zero-order chi connectivity index (χ0) is 24.6. The molecule has 0 heterocycles. The zero-order valence-corrected chi connectivity index (χ0v) is 19.8. The van der Waals surface area contributed by atoms with Crippen molar-refractivity contribution in [2.45, 2.75) is 20.5 Å². The molecule has 0 aliphatic heterocycles. The number of rotatable bonds is 8. The van der Waals surface area contributed by atoms with Crippen molar-refractivity contribution in [3.05, 3.63) is 108 Å². The summed E-state index contributed by atoms with van der Waals surface area (Å²) in [6.07, 6.45) is 0. The molecular weight excluding hydrogens is 440 g/mol. The Labute approximate surface area is 204 Å². The molecule has 0 aliphatic rings. The predicted octanol–water partition coefficient (Wildman–Crippen LogP) is 5.53. The molecule has 6 heteroatoms. The van der Waals surface area contributed by atoms with E-state index in [0.29, 0.717) is 36.0 Å². The molecule has 4 aromatic carbocycles. The fraction of sp³-hybridized carbons (Fsp3) is 0.172. The van der Waals surface area contributed by atoms with Crippen molar-refractivity contribution >= 4 is 22.6 Å². The van der Waals surface area contributed by atoms with E-state index in [4.69, 9.17) is 9.47 Å². The topological polar surface area (TPSA) is 76.7 Å². The van der Waals surface area contributed by atoms with Crippen molar-refractivity contribution in [2.75, 3.05) is 6.61 Å². The maximum absolute atomic E-state index is 12.4. The van der Waals surface area contributed by atoms with Crippen LogP contribution in [0.15, 0.2) is 91.0 Å². The first kappa shape index (κ1) is 23.8. The molecule has 0 atom stereocenters. The Hall–Kier alpha value is -4.32. The zero-order valence-electron chi connectivity index (χ0n) is 19.8. The molecule has 2 N–H and O–H groups in total. The summed E-state index contributed by atoms with van der Waals surface area (Å²) in [5.74, 6) is 1.09. The average Bonchev–Trinajstić information content (AvgIpc) is 2.89. The molecule has 0 spiro atoms. The maximum Gasteiger partial charge on any atom is 0.269 e. The Morgan fingerprint density at radius 3 is 1.89 bits per heavy atom. The minimum Gasteiger partial charge on any atom is -0.493 e. The average molecular weight is 469 g/mol. The summed E-state index contributed by atoms with van der Waals surface area (Å²) >= 11 is 0. The first-order chi connectivity index (χ1) is 17.0.